The molecule has 0 saturated heterocycles. The van der Waals surface area contributed by atoms with E-state index in [2.05, 4.69) is 5.10 Å². The van der Waals surface area contributed by atoms with Crippen molar-refractivity contribution < 1.29 is 9.53 Å². The van der Waals surface area contributed by atoms with Crippen LogP contribution in [0.5, 0.6) is 11.5 Å². The molecule has 2 aromatic heterocycles. The number of aryl methyl sites for hydroxylation is 2. The molecule has 4 nitrogen and oxygen atoms in total. The first-order valence-electron chi connectivity index (χ1n) is 6.35. The zero-order valence-corrected chi connectivity index (χ0v) is 11.3. The number of hydrogen-bond donors (Lipinski definition) is 0. The van der Waals surface area contributed by atoms with E-state index in [1.807, 2.05) is 36.7 Å². The number of rotatable bonds is 3. The Balaban J connectivity index is 2.08. The highest BCUT2D eigenvalue weighted by atomic mass is 16.5. The lowest BCUT2D eigenvalue weighted by atomic mass is 10.2. The SMILES string of the molecule is Cc1cn2nccc(Oc3cccc(C=O)c3)c2c1C. The second-order valence-electron chi connectivity index (χ2n) is 4.72. The van der Waals surface area contributed by atoms with Gasteiger partial charge in [0, 0.05) is 17.8 Å². The molecule has 0 spiro atoms. The maximum atomic E-state index is 10.8. The molecule has 4 heteroatoms. The van der Waals surface area contributed by atoms with Gasteiger partial charge >= 0.3 is 0 Å². The minimum Gasteiger partial charge on any atom is -0.455 e. The first-order valence-corrected chi connectivity index (χ1v) is 6.35. The van der Waals surface area contributed by atoms with Gasteiger partial charge in [0.05, 0.1) is 6.20 Å². The molecule has 0 saturated carbocycles. The maximum absolute atomic E-state index is 10.8. The van der Waals surface area contributed by atoms with E-state index in [0.29, 0.717) is 11.3 Å². The second-order valence-corrected chi connectivity index (χ2v) is 4.72. The lowest BCUT2D eigenvalue weighted by molar-refractivity contribution is 0.112. The van der Waals surface area contributed by atoms with Crippen LogP contribution in [0.25, 0.3) is 5.52 Å². The Morgan fingerprint density at radius 1 is 1.25 bits per heavy atom. The zero-order chi connectivity index (χ0) is 14.1. The number of aldehydes is 1. The van der Waals surface area contributed by atoms with Crippen LogP contribution in [-0.2, 0) is 0 Å². The van der Waals surface area contributed by atoms with Crippen LogP contribution in [0, 0.1) is 13.8 Å². The molecule has 0 aliphatic carbocycles. The van der Waals surface area contributed by atoms with Crippen molar-refractivity contribution in [1.29, 1.82) is 0 Å². The standard InChI is InChI=1S/C16H14N2O2/c1-11-9-18-16(12(11)2)15(6-7-17-18)20-14-5-3-4-13(8-14)10-19/h3-10H,1-2H3. The summed E-state index contributed by atoms with van der Waals surface area (Å²) in [7, 11) is 0. The number of aromatic nitrogens is 2. The van der Waals surface area contributed by atoms with Gasteiger partial charge in [-0.05, 0) is 37.1 Å². The van der Waals surface area contributed by atoms with Gasteiger partial charge in [-0.3, -0.25) is 4.79 Å². The van der Waals surface area contributed by atoms with Crippen molar-refractivity contribution in [3.63, 3.8) is 0 Å². The molecule has 0 radical (unpaired) electrons. The molecule has 20 heavy (non-hydrogen) atoms. The van der Waals surface area contributed by atoms with Gasteiger partial charge in [0.1, 0.15) is 17.6 Å². The first-order chi connectivity index (χ1) is 9.69. The Labute approximate surface area is 116 Å². The number of fused-ring (bicyclic) bond motifs is 1. The molecule has 2 heterocycles. The molecule has 0 aliphatic heterocycles. The lowest BCUT2D eigenvalue weighted by Gasteiger charge is -2.08. The molecule has 0 fully saturated rings. The molecule has 0 N–H and O–H groups in total. The average Bonchev–Trinajstić information content (AvgIpc) is 2.75. The number of ether oxygens (including phenoxy) is 1. The van der Waals surface area contributed by atoms with E-state index < -0.39 is 0 Å². The summed E-state index contributed by atoms with van der Waals surface area (Å²) in [6, 6.07) is 8.92. The van der Waals surface area contributed by atoms with Gasteiger partial charge in [-0.2, -0.15) is 5.10 Å². The van der Waals surface area contributed by atoms with Gasteiger partial charge in [-0.1, -0.05) is 12.1 Å². The van der Waals surface area contributed by atoms with Gasteiger partial charge in [-0.15, -0.1) is 0 Å². The number of carbonyl (C=O) groups is 1. The third kappa shape index (κ3) is 2.05. The van der Waals surface area contributed by atoms with Crippen LogP contribution in [0.15, 0.2) is 42.7 Å². The predicted octanol–water partition coefficient (Wildman–Crippen LogP) is 3.56. The van der Waals surface area contributed by atoms with Crippen LogP contribution >= 0.6 is 0 Å². The highest BCUT2D eigenvalue weighted by molar-refractivity contribution is 5.75. The summed E-state index contributed by atoms with van der Waals surface area (Å²) in [6.45, 7) is 4.09. The molecule has 0 unspecified atom stereocenters. The molecule has 0 atom stereocenters. The van der Waals surface area contributed by atoms with Crippen molar-refractivity contribution in [3.8, 4) is 11.5 Å². The number of benzene rings is 1. The Morgan fingerprint density at radius 3 is 2.90 bits per heavy atom. The first kappa shape index (κ1) is 12.4. The lowest BCUT2D eigenvalue weighted by Crippen LogP contribution is -1.93. The summed E-state index contributed by atoms with van der Waals surface area (Å²) in [5.74, 6) is 1.37. The minimum atomic E-state index is 0.593. The molecule has 0 aliphatic rings. The van der Waals surface area contributed by atoms with E-state index in [1.54, 1.807) is 24.4 Å². The fourth-order valence-corrected chi connectivity index (χ4v) is 2.20. The topological polar surface area (TPSA) is 43.6 Å². The molecular weight excluding hydrogens is 252 g/mol. The van der Waals surface area contributed by atoms with Gasteiger partial charge in [0.25, 0.3) is 0 Å². The Kier molecular flexibility index (Phi) is 2.99. The number of hydrogen-bond acceptors (Lipinski definition) is 3. The summed E-state index contributed by atoms with van der Waals surface area (Å²) >= 11 is 0. The van der Waals surface area contributed by atoms with Gasteiger partial charge in [0.15, 0.2) is 5.75 Å². The van der Waals surface area contributed by atoms with Crippen molar-refractivity contribution >= 4 is 11.8 Å². The van der Waals surface area contributed by atoms with Crippen molar-refractivity contribution in [2.45, 2.75) is 13.8 Å². The van der Waals surface area contributed by atoms with Crippen molar-refractivity contribution in [1.82, 2.24) is 9.61 Å². The monoisotopic (exact) mass is 266 g/mol. The number of nitrogens with zero attached hydrogens (tertiary/aromatic N) is 2. The molecule has 3 rings (SSSR count). The summed E-state index contributed by atoms with van der Waals surface area (Å²) in [5.41, 5.74) is 3.84. The third-order valence-electron chi connectivity index (χ3n) is 3.36. The Morgan fingerprint density at radius 2 is 2.10 bits per heavy atom. The largest absolute Gasteiger partial charge is 0.455 e. The summed E-state index contributed by atoms with van der Waals surface area (Å²) in [6.07, 6.45) is 4.48. The fourth-order valence-electron chi connectivity index (χ4n) is 2.20. The van der Waals surface area contributed by atoms with E-state index in [1.165, 1.54) is 0 Å². The van der Waals surface area contributed by atoms with Crippen molar-refractivity contribution in [2.24, 2.45) is 0 Å². The fraction of sp³-hybridized carbons (Fsp3) is 0.125. The van der Waals surface area contributed by atoms with E-state index in [-0.39, 0.29) is 0 Å². The normalized spacial score (nSPS) is 10.7. The maximum Gasteiger partial charge on any atom is 0.154 e. The Hall–Kier alpha value is -2.62. The molecule has 0 amide bonds. The average molecular weight is 266 g/mol. The molecule has 1 aromatic carbocycles. The summed E-state index contributed by atoms with van der Waals surface area (Å²) < 4.78 is 7.72. The predicted molar refractivity (Wildman–Crippen MR) is 76.6 cm³/mol. The van der Waals surface area contributed by atoms with E-state index in [0.717, 1.165) is 28.7 Å². The van der Waals surface area contributed by atoms with Crippen LogP contribution in [0.4, 0.5) is 0 Å². The molecular formula is C16H14N2O2. The third-order valence-corrected chi connectivity index (χ3v) is 3.36. The van der Waals surface area contributed by atoms with Crippen LogP contribution in [0.2, 0.25) is 0 Å². The van der Waals surface area contributed by atoms with Crippen LogP contribution in [-0.4, -0.2) is 15.9 Å². The van der Waals surface area contributed by atoms with Crippen LogP contribution in [0.3, 0.4) is 0 Å². The smallest absolute Gasteiger partial charge is 0.154 e. The zero-order valence-electron chi connectivity index (χ0n) is 11.3. The highest BCUT2D eigenvalue weighted by Gasteiger charge is 2.10. The quantitative estimate of drug-likeness (QED) is 0.681. The van der Waals surface area contributed by atoms with Gasteiger partial charge in [0.2, 0.25) is 0 Å². The number of carbonyl (C=O) groups excluding carboxylic acids is 1. The van der Waals surface area contributed by atoms with E-state index in [9.17, 15) is 4.79 Å². The molecule has 0 bridgehead atoms. The van der Waals surface area contributed by atoms with Gasteiger partial charge < -0.3 is 4.74 Å². The summed E-state index contributed by atoms with van der Waals surface area (Å²) in [4.78, 5) is 10.8. The molecule has 3 aromatic rings. The van der Waals surface area contributed by atoms with Crippen molar-refractivity contribution in [3.05, 3.63) is 59.4 Å². The second kappa shape index (κ2) is 4.81. The Bertz CT molecular complexity index is 790. The van der Waals surface area contributed by atoms with E-state index >= 15 is 0 Å². The minimum absolute atomic E-state index is 0.593. The van der Waals surface area contributed by atoms with Crippen molar-refractivity contribution in [2.75, 3.05) is 0 Å². The van der Waals surface area contributed by atoms with Crippen LogP contribution < -0.4 is 4.74 Å². The van der Waals surface area contributed by atoms with Gasteiger partial charge in [-0.25, -0.2) is 4.52 Å². The summed E-state index contributed by atoms with van der Waals surface area (Å²) in [5, 5.41) is 4.28. The highest BCUT2D eigenvalue weighted by Crippen LogP contribution is 2.29. The molecule has 100 valence electrons. The van der Waals surface area contributed by atoms with E-state index in [4.69, 9.17) is 4.74 Å². The van der Waals surface area contributed by atoms with Crippen LogP contribution in [0.1, 0.15) is 21.5 Å².